The number of esters is 1. The highest BCUT2D eigenvalue weighted by molar-refractivity contribution is 5.73. The molecule has 0 aliphatic heterocycles. The molecule has 0 saturated heterocycles. The quantitative estimate of drug-likeness (QED) is 0.684. The molecule has 2 aromatic carbocycles. The summed E-state index contributed by atoms with van der Waals surface area (Å²) in [6.45, 7) is 0.470. The van der Waals surface area contributed by atoms with Gasteiger partial charge in [0.05, 0.1) is 13.0 Å². The fraction of sp³-hybridized carbons (Fsp3) is 0.235. The van der Waals surface area contributed by atoms with Crippen LogP contribution in [0.5, 0.6) is 0 Å². The normalized spacial score (nSPS) is 16.1. The Balaban J connectivity index is 1.51. The van der Waals surface area contributed by atoms with Gasteiger partial charge in [0.25, 0.3) is 0 Å². The Morgan fingerprint density at radius 3 is 2.85 bits per heavy atom. The number of fused-ring (bicyclic) bond motifs is 1. The van der Waals surface area contributed by atoms with E-state index in [1.54, 1.807) is 12.1 Å². The van der Waals surface area contributed by atoms with Gasteiger partial charge in [-0.1, -0.05) is 36.4 Å². The van der Waals surface area contributed by atoms with Gasteiger partial charge in [0, 0.05) is 11.6 Å². The lowest BCUT2D eigenvalue weighted by Gasteiger charge is -2.29. The molecule has 3 nitrogen and oxygen atoms in total. The topological polar surface area (TPSA) is 52.3 Å². The zero-order chi connectivity index (χ0) is 13.9. The van der Waals surface area contributed by atoms with Crippen molar-refractivity contribution < 1.29 is 9.53 Å². The van der Waals surface area contributed by atoms with Gasteiger partial charge in [-0.15, -0.1) is 0 Å². The third kappa shape index (κ3) is 2.67. The Morgan fingerprint density at radius 1 is 1.20 bits per heavy atom. The van der Waals surface area contributed by atoms with Crippen LogP contribution in [0, 0.1) is 0 Å². The summed E-state index contributed by atoms with van der Waals surface area (Å²) in [5, 5.41) is 0. The lowest BCUT2D eigenvalue weighted by Crippen LogP contribution is -2.23. The second-order valence-electron chi connectivity index (χ2n) is 5.20. The third-order valence-corrected chi connectivity index (χ3v) is 3.71. The van der Waals surface area contributed by atoms with Crippen LogP contribution in [-0.2, 0) is 22.4 Å². The van der Waals surface area contributed by atoms with Crippen LogP contribution in [0.3, 0.4) is 0 Å². The van der Waals surface area contributed by atoms with Crippen molar-refractivity contribution in [2.75, 3.05) is 12.3 Å². The Hall–Kier alpha value is -2.29. The van der Waals surface area contributed by atoms with Crippen molar-refractivity contribution in [1.82, 2.24) is 0 Å². The summed E-state index contributed by atoms with van der Waals surface area (Å²) in [4.78, 5) is 11.8. The molecular weight excluding hydrogens is 250 g/mol. The molecule has 0 saturated carbocycles. The molecule has 2 N–H and O–H groups in total. The minimum absolute atomic E-state index is 0.194. The Morgan fingerprint density at radius 2 is 2.05 bits per heavy atom. The zero-order valence-corrected chi connectivity index (χ0v) is 11.2. The largest absolute Gasteiger partial charge is 0.465 e. The number of nitrogen functional groups attached to an aromatic ring is 1. The van der Waals surface area contributed by atoms with Crippen LogP contribution in [0.4, 0.5) is 5.69 Å². The summed E-state index contributed by atoms with van der Waals surface area (Å²) < 4.78 is 5.37. The highest BCUT2D eigenvalue weighted by Gasteiger charge is 2.26. The molecular formula is C17H17NO2. The molecule has 1 unspecified atom stereocenters. The van der Waals surface area contributed by atoms with E-state index in [0.29, 0.717) is 18.2 Å². The summed E-state index contributed by atoms with van der Waals surface area (Å²) in [6, 6.07) is 15.6. The maximum absolute atomic E-state index is 11.8. The van der Waals surface area contributed by atoms with E-state index in [2.05, 4.69) is 12.1 Å². The Bertz CT molecular complexity index is 636. The van der Waals surface area contributed by atoms with Crippen LogP contribution in [0.15, 0.2) is 48.5 Å². The van der Waals surface area contributed by atoms with E-state index in [4.69, 9.17) is 10.5 Å². The molecule has 102 valence electrons. The summed E-state index contributed by atoms with van der Waals surface area (Å²) in [5.41, 5.74) is 9.93. The minimum atomic E-state index is -0.194. The first-order valence-corrected chi connectivity index (χ1v) is 6.80. The van der Waals surface area contributed by atoms with Gasteiger partial charge in [0.1, 0.15) is 0 Å². The summed E-state index contributed by atoms with van der Waals surface area (Å²) in [6.07, 6.45) is 1.28. The van der Waals surface area contributed by atoms with E-state index in [-0.39, 0.29) is 12.4 Å². The first kappa shape index (κ1) is 12.7. The van der Waals surface area contributed by atoms with Gasteiger partial charge < -0.3 is 10.5 Å². The number of carbonyl (C=O) groups excluding carboxylic acids is 1. The molecule has 20 heavy (non-hydrogen) atoms. The van der Waals surface area contributed by atoms with E-state index < -0.39 is 0 Å². The van der Waals surface area contributed by atoms with Gasteiger partial charge in [-0.2, -0.15) is 0 Å². The average Bonchev–Trinajstić information content (AvgIpc) is 2.40. The number of benzene rings is 2. The van der Waals surface area contributed by atoms with Crippen molar-refractivity contribution in [3.8, 4) is 0 Å². The first-order valence-electron chi connectivity index (χ1n) is 6.80. The molecule has 1 atom stereocenters. The average molecular weight is 267 g/mol. The van der Waals surface area contributed by atoms with Gasteiger partial charge in [0.2, 0.25) is 0 Å². The molecule has 2 aromatic rings. The van der Waals surface area contributed by atoms with E-state index in [0.717, 1.165) is 12.0 Å². The fourth-order valence-electron chi connectivity index (χ4n) is 2.63. The van der Waals surface area contributed by atoms with Crippen molar-refractivity contribution in [1.29, 1.82) is 0 Å². The second kappa shape index (κ2) is 5.37. The molecule has 1 aliphatic carbocycles. The predicted octanol–water partition coefficient (Wildman–Crippen LogP) is 2.69. The summed E-state index contributed by atoms with van der Waals surface area (Å²) in [5.74, 6) is 0.163. The summed E-state index contributed by atoms with van der Waals surface area (Å²) in [7, 11) is 0. The minimum Gasteiger partial charge on any atom is -0.465 e. The van der Waals surface area contributed by atoms with Crippen LogP contribution < -0.4 is 5.73 Å². The number of anilines is 1. The van der Waals surface area contributed by atoms with Crippen molar-refractivity contribution in [2.45, 2.75) is 18.8 Å². The maximum atomic E-state index is 11.8. The number of nitrogens with two attached hydrogens (primary N) is 1. The van der Waals surface area contributed by atoms with Crippen molar-refractivity contribution in [2.24, 2.45) is 0 Å². The van der Waals surface area contributed by atoms with Gasteiger partial charge in [-0.05, 0) is 35.2 Å². The molecule has 0 radical (unpaired) electrons. The fourth-order valence-corrected chi connectivity index (χ4v) is 2.63. The number of hydrogen-bond acceptors (Lipinski definition) is 3. The van der Waals surface area contributed by atoms with Gasteiger partial charge in [-0.3, -0.25) is 4.79 Å². The monoisotopic (exact) mass is 267 g/mol. The van der Waals surface area contributed by atoms with Crippen molar-refractivity contribution in [3.63, 3.8) is 0 Å². The highest BCUT2D eigenvalue weighted by atomic mass is 16.5. The predicted molar refractivity (Wildman–Crippen MR) is 78.4 cm³/mol. The summed E-state index contributed by atoms with van der Waals surface area (Å²) >= 11 is 0. The molecule has 0 amide bonds. The molecule has 3 heteroatoms. The molecule has 0 spiro atoms. The first-order chi connectivity index (χ1) is 9.72. The molecule has 0 fully saturated rings. The number of rotatable bonds is 4. The second-order valence-corrected chi connectivity index (χ2v) is 5.20. The maximum Gasteiger partial charge on any atom is 0.310 e. The highest BCUT2D eigenvalue weighted by Crippen LogP contribution is 2.34. The van der Waals surface area contributed by atoms with E-state index in [1.807, 2.05) is 24.3 Å². The zero-order valence-electron chi connectivity index (χ0n) is 11.2. The van der Waals surface area contributed by atoms with E-state index in [9.17, 15) is 4.79 Å². The van der Waals surface area contributed by atoms with Crippen molar-refractivity contribution in [3.05, 3.63) is 65.2 Å². The van der Waals surface area contributed by atoms with Crippen LogP contribution >= 0.6 is 0 Å². The van der Waals surface area contributed by atoms with Gasteiger partial charge in [0.15, 0.2) is 0 Å². The lowest BCUT2D eigenvalue weighted by atomic mass is 9.78. The molecule has 0 bridgehead atoms. The molecule has 1 aliphatic rings. The van der Waals surface area contributed by atoms with Gasteiger partial charge >= 0.3 is 5.97 Å². The SMILES string of the molecule is Nc1cccc(CC(=O)OCC2Cc3ccccc32)c1. The lowest BCUT2D eigenvalue weighted by molar-refractivity contribution is -0.143. The molecule has 3 rings (SSSR count). The molecule has 0 aromatic heterocycles. The van der Waals surface area contributed by atoms with E-state index >= 15 is 0 Å². The van der Waals surface area contributed by atoms with Crippen LogP contribution in [0.25, 0.3) is 0 Å². The van der Waals surface area contributed by atoms with Gasteiger partial charge in [-0.25, -0.2) is 0 Å². The number of carbonyl (C=O) groups is 1. The molecule has 0 heterocycles. The standard InChI is InChI=1S/C17H17NO2/c18-15-6-3-4-12(8-15)9-17(19)20-11-14-10-13-5-1-2-7-16(13)14/h1-8,14H,9-11,18H2. The van der Waals surface area contributed by atoms with E-state index in [1.165, 1.54) is 11.1 Å². The van der Waals surface area contributed by atoms with Crippen LogP contribution in [-0.4, -0.2) is 12.6 Å². The van der Waals surface area contributed by atoms with Crippen LogP contribution in [0.1, 0.15) is 22.6 Å². The third-order valence-electron chi connectivity index (χ3n) is 3.71. The van der Waals surface area contributed by atoms with Crippen LogP contribution in [0.2, 0.25) is 0 Å². The number of ether oxygens (including phenoxy) is 1. The van der Waals surface area contributed by atoms with Crippen molar-refractivity contribution >= 4 is 11.7 Å². The number of hydrogen-bond donors (Lipinski definition) is 1. The Labute approximate surface area is 118 Å². The smallest absolute Gasteiger partial charge is 0.310 e. The Kier molecular flexibility index (Phi) is 3.42.